The van der Waals surface area contributed by atoms with Crippen LogP contribution in [-0.2, 0) is 0 Å². The van der Waals surface area contributed by atoms with Crippen LogP contribution in [0, 0.1) is 0 Å². The number of rotatable bonds is 7. The molecule has 0 radical (unpaired) electrons. The van der Waals surface area contributed by atoms with Gasteiger partial charge in [0.2, 0.25) is 5.95 Å². The zero-order valence-corrected chi connectivity index (χ0v) is 32.5. The molecule has 0 aliphatic carbocycles. The molecule has 6 aromatic carbocycles. The maximum atomic E-state index is 5.38. The lowest BCUT2D eigenvalue weighted by atomic mass is 10.1. The van der Waals surface area contributed by atoms with E-state index in [0.717, 1.165) is 83.2 Å². The van der Waals surface area contributed by atoms with Crippen molar-refractivity contribution in [3.8, 4) is 34.2 Å². The van der Waals surface area contributed by atoms with Crippen LogP contribution in [0.2, 0.25) is 0 Å². The Morgan fingerprint density at radius 2 is 1.24 bits per heavy atom. The summed E-state index contributed by atoms with van der Waals surface area (Å²) in [4.78, 5) is 15.9. The van der Waals surface area contributed by atoms with E-state index in [2.05, 4.69) is 155 Å². The van der Waals surface area contributed by atoms with E-state index in [0.29, 0.717) is 5.95 Å². The second-order valence-electron chi connectivity index (χ2n) is 14.4. The third-order valence-corrected chi connectivity index (χ3v) is 12.1. The number of hydrogen-bond donors (Lipinski definition) is 0. The molecule has 0 aliphatic heterocycles. The highest BCUT2D eigenvalue weighted by atomic mass is 32.1. The molecule has 5 nitrogen and oxygen atoms in total. The second kappa shape index (κ2) is 13.7. The average molecular weight is 762 g/mol. The van der Waals surface area contributed by atoms with Crippen LogP contribution in [0.3, 0.4) is 0 Å². The zero-order chi connectivity index (χ0) is 38.7. The van der Waals surface area contributed by atoms with Crippen LogP contribution < -0.4 is 0 Å². The fraction of sp³-hybridized carbons (Fsp3) is 0.0192. The van der Waals surface area contributed by atoms with Gasteiger partial charge in [0, 0.05) is 53.1 Å². The highest BCUT2D eigenvalue weighted by molar-refractivity contribution is 7.25. The van der Waals surface area contributed by atoms with Gasteiger partial charge in [-0.2, -0.15) is 0 Å². The molecule has 11 aromatic rings. The van der Waals surface area contributed by atoms with E-state index < -0.39 is 0 Å². The first kappa shape index (κ1) is 33.9. The van der Waals surface area contributed by atoms with Gasteiger partial charge < -0.3 is 4.57 Å². The van der Waals surface area contributed by atoms with Crippen molar-refractivity contribution in [3.05, 3.63) is 194 Å². The first-order valence-electron chi connectivity index (χ1n) is 19.4. The van der Waals surface area contributed by atoms with Gasteiger partial charge >= 0.3 is 0 Å². The Kier molecular flexibility index (Phi) is 7.98. The Bertz CT molecular complexity index is 3480. The number of fused-ring (bicyclic) bond motifs is 9. The summed E-state index contributed by atoms with van der Waals surface area (Å²) in [6, 6.07) is 55.9. The predicted molar refractivity (Wildman–Crippen MR) is 245 cm³/mol. The molecule has 5 heterocycles. The largest absolute Gasteiger partial charge is 0.308 e. The molecule has 0 unspecified atom stereocenters. The van der Waals surface area contributed by atoms with Crippen molar-refractivity contribution in [2.75, 3.05) is 0 Å². The summed E-state index contributed by atoms with van der Waals surface area (Å²) < 4.78 is 7.13. The van der Waals surface area contributed by atoms with Gasteiger partial charge in [0.05, 0.1) is 44.7 Å². The van der Waals surface area contributed by atoms with Gasteiger partial charge in [0.25, 0.3) is 0 Å². The van der Waals surface area contributed by atoms with E-state index in [-0.39, 0.29) is 0 Å². The topological polar surface area (TPSA) is 48.5 Å². The van der Waals surface area contributed by atoms with Gasteiger partial charge in [0.1, 0.15) is 0 Å². The van der Waals surface area contributed by atoms with Crippen molar-refractivity contribution < 1.29 is 0 Å². The Balaban J connectivity index is 1.17. The predicted octanol–water partition coefficient (Wildman–Crippen LogP) is 13.9. The maximum absolute atomic E-state index is 5.38. The standard InChI is InChI=1S/C52H35N5S/c1-3-15-33(16-4-2)43-31-44(35-19-9-6-10-20-35)55-52(54-43)57-45-23-13-11-21-37(45)39-29-36(25-27-46(39)57)56-47-28-26-42(34-17-7-5-8-18-34)53-51(47)41-30-40-38-22-12-14-24-49(38)58-50(40)32-48(41)56/h3-32H,1H2,2H3/b16-4-,33-15+. The summed E-state index contributed by atoms with van der Waals surface area (Å²) in [7, 11) is 0. The summed E-state index contributed by atoms with van der Waals surface area (Å²) in [6.45, 7) is 6.00. The van der Waals surface area contributed by atoms with Crippen LogP contribution in [0.4, 0.5) is 0 Å². The normalized spacial score (nSPS) is 12.3. The molecule has 0 saturated heterocycles. The maximum Gasteiger partial charge on any atom is 0.235 e. The number of nitrogens with zero attached hydrogens (tertiary/aromatic N) is 5. The minimum absolute atomic E-state index is 0.608. The molecule has 6 heteroatoms. The molecule has 5 aromatic heterocycles. The number of thiophene rings is 1. The van der Waals surface area contributed by atoms with E-state index in [1.807, 2.05) is 54.7 Å². The van der Waals surface area contributed by atoms with Crippen molar-refractivity contribution in [2.24, 2.45) is 0 Å². The fourth-order valence-corrected chi connectivity index (χ4v) is 9.55. The highest BCUT2D eigenvalue weighted by Gasteiger charge is 2.21. The van der Waals surface area contributed by atoms with Crippen LogP contribution >= 0.6 is 11.3 Å². The quantitative estimate of drug-likeness (QED) is 0.152. The number of pyridine rings is 1. The first-order valence-corrected chi connectivity index (χ1v) is 20.2. The van der Waals surface area contributed by atoms with Gasteiger partial charge in [0.15, 0.2) is 0 Å². The smallest absolute Gasteiger partial charge is 0.235 e. The van der Waals surface area contributed by atoms with Crippen LogP contribution in [0.5, 0.6) is 0 Å². The summed E-state index contributed by atoms with van der Waals surface area (Å²) in [6.07, 6.45) is 7.89. The summed E-state index contributed by atoms with van der Waals surface area (Å²) in [5.74, 6) is 0.608. The van der Waals surface area contributed by atoms with Crippen molar-refractivity contribution >= 4 is 80.8 Å². The van der Waals surface area contributed by atoms with Crippen molar-refractivity contribution in [1.29, 1.82) is 0 Å². The molecule has 0 bridgehead atoms. The minimum atomic E-state index is 0.608. The number of aromatic nitrogens is 5. The first-order chi connectivity index (χ1) is 28.7. The lowest BCUT2D eigenvalue weighted by Gasteiger charge is -2.12. The number of benzene rings is 6. The molecular weight excluding hydrogens is 727 g/mol. The average Bonchev–Trinajstić information content (AvgIpc) is 3.92. The van der Waals surface area contributed by atoms with Crippen molar-refractivity contribution in [3.63, 3.8) is 0 Å². The molecule has 0 N–H and O–H groups in total. The van der Waals surface area contributed by atoms with Crippen LogP contribution in [0.15, 0.2) is 189 Å². The highest BCUT2D eigenvalue weighted by Crippen LogP contribution is 2.42. The second-order valence-corrected chi connectivity index (χ2v) is 15.5. The molecule has 0 amide bonds. The summed E-state index contributed by atoms with van der Waals surface area (Å²) >= 11 is 1.84. The third kappa shape index (κ3) is 5.41. The van der Waals surface area contributed by atoms with Crippen molar-refractivity contribution in [1.82, 2.24) is 24.1 Å². The molecule has 0 fully saturated rings. The Hall–Kier alpha value is -7.41. The number of hydrogen-bond acceptors (Lipinski definition) is 4. The Morgan fingerprint density at radius 1 is 0.534 bits per heavy atom. The molecule has 58 heavy (non-hydrogen) atoms. The Labute approximate surface area is 338 Å². The monoisotopic (exact) mass is 761 g/mol. The third-order valence-electron chi connectivity index (χ3n) is 11.0. The molecule has 0 saturated carbocycles. The summed E-state index contributed by atoms with van der Waals surface area (Å²) in [5.41, 5.74) is 12.0. The lowest BCUT2D eigenvalue weighted by Crippen LogP contribution is -2.05. The lowest BCUT2D eigenvalue weighted by molar-refractivity contribution is 0.983. The van der Waals surface area contributed by atoms with Gasteiger partial charge in [-0.1, -0.05) is 128 Å². The van der Waals surface area contributed by atoms with E-state index in [4.69, 9.17) is 15.0 Å². The molecule has 0 aliphatic rings. The van der Waals surface area contributed by atoms with E-state index in [1.165, 1.54) is 20.2 Å². The molecular formula is C52H35N5S. The van der Waals surface area contributed by atoms with Crippen molar-refractivity contribution in [2.45, 2.75) is 6.92 Å². The molecule has 0 atom stereocenters. The van der Waals surface area contributed by atoms with Gasteiger partial charge in [-0.25, -0.2) is 15.0 Å². The van der Waals surface area contributed by atoms with Gasteiger partial charge in [-0.3, -0.25) is 4.57 Å². The molecule has 0 spiro atoms. The minimum Gasteiger partial charge on any atom is -0.308 e. The molecule has 274 valence electrons. The van der Waals surface area contributed by atoms with E-state index in [1.54, 1.807) is 6.08 Å². The number of para-hydroxylation sites is 1. The van der Waals surface area contributed by atoms with Crippen LogP contribution in [0.25, 0.3) is 104 Å². The van der Waals surface area contributed by atoms with Crippen LogP contribution in [0.1, 0.15) is 12.6 Å². The zero-order valence-electron chi connectivity index (χ0n) is 31.7. The van der Waals surface area contributed by atoms with E-state index in [9.17, 15) is 0 Å². The Morgan fingerprint density at radius 3 is 2.03 bits per heavy atom. The fourth-order valence-electron chi connectivity index (χ4n) is 8.43. The van der Waals surface area contributed by atoms with Gasteiger partial charge in [-0.05, 0) is 73.2 Å². The summed E-state index contributed by atoms with van der Waals surface area (Å²) in [5, 5.41) is 5.91. The van der Waals surface area contributed by atoms with Gasteiger partial charge in [-0.15, -0.1) is 11.3 Å². The molecule has 11 rings (SSSR count). The number of allylic oxidation sites excluding steroid dienone is 5. The van der Waals surface area contributed by atoms with E-state index >= 15 is 0 Å². The SMILES string of the molecule is C=C/C=C(\C=C/C)c1cc(-c2ccccc2)nc(-n2c3ccccc3c3cc(-n4c5cc6sc7ccccc7c6cc5c5nc(-c6ccccc6)ccc54)ccc32)n1. The van der Waals surface area contributed by atoms with Crippen LogP contribution in [-0.4, -0.2) is 24.1 Å².